The van der Waals surface area contributed by atoms with Crippen LogP contribution < -0.4 is 0 Å². The zero-order valence-corrected chi connectivity index (χ0v) is 22.8. The number of hydrogen-bond acceptors (Lipinski definition) is 3. The first-order valence-corrected chi connectivity index (χ1v) is 14.7. The van der Waals surface area contributed by atoms with E-state index in [-0.39, 0.29) is 0 Å². The molecule has 9 aromatic rings. The highest BCUT2D eigenvalue weighted by atomic mass is 32.1. The van der Waals surface area contributed by atoms with E-state index in [0.29, 0.717) is 0 Å². The summed E-state index contributed by atoms with van der Waals surface area (Å²) in [4.78, 5) is 10.2. The lowest BCUT2D eigenvalue weighted by Crippen LogP contribution is -1.95. The van der Waals surface area contributed by atoms with Gasteiger partial charge in [0.1, 0.15) is 0 Å². The number of para-hydroxylation sites is 1. The fourth-order valence-electron chi connectivity index (χ4n) is 6.38. The molecule has 0 radical (unpaired) electrons. The van der Waals surface area contributed by atoms with Crippen LogP contribution in [0.15, 0.2) is 133 Å². The number of rotatable bonds is 2. The number of hydrogen-bond donors (Lipinski definition) is 0. The average Bonchev–Trinajstić information content (AvgIpc) is 3.43. The van der Waals surface area contributed by atoms with Gasteiger partial charge in [0.05, 0.1) is 11.2 Å². The van der Waals surface area contributed by atoms with Gasteiger partial charge in [0.25, 0.3) is 0 Å². The van der Waals surface area contributed by atoms with Crippen LogP contribution in [0.5, 0.6) is 0 Å². The van der Waals surface area contributed by atoms with Crippen LogP contribution in [0.3, 0.4) is 0 Å². The molecule has 0 fully saturated rings. The van der Waals surface area contributed by atoms with Crippen LogP contribution in [0.4, 0.5) is 0 Å². The number of nitrogens with zero attached hydrogens (tertiary/aromatic N) is 2. The molecule has 2 heterocycles. The van der Waals surface area contributed by atoms with Gasteiger partial charge < -0.3 is 0 Å². The third kappa shape index (κ3) is 3.36. The Bertz CT molecular complexity index is 2470. The van der Waals surface area contributed by atoms with E-state index >= 15 is 0 Å². The van der Waals surface area contributed by atoms with Gasteiger partial charge in [-0.2, -0.15) is 0 Å². The highest BCUT2D eigenvalue weighted by Gasteiger charge is 2.17. The molecule has 0 atom stereocenters. The van der Waals surface area contributed by atoms with Crippen LogP contribution in [0.2, 0.25) is 0 Å². The number of fused-ring (bicyclic) bond motifs is 11. The first-order valence-electron chi connectivity index (χ1n) is 13.8. The molecule has 0 amide bonds. The predicted octanol–water partition coefficient (Wildman–Crippen LogP) is 10.8. The molecule has 41 heavy (non-hydrogen) atoms. The molecule has 0 aliphatic carbocycles. The summed E-state index contributed by atoms with van der Waals surface area (Å²) >= 11 is 1.89. The fourth-order valence-corrected chi connectivity index (χ4v) is 7.64. The van der Waals surface area contributed by atoms with Gasteiger partial charge in [0, 0.05) is 42.1 Å². The van der Waals surface area contributed by atoms with E-state index in [1.54, 1.807) is 0 Å². The smallest absolute Gasteiger partial charge is 0.160 e. The molecule has 2 aromatic heterocycles. The molecule has 7 aromatic carbocycles. The van der Waals surface area contributed by atoms with E-state index in [0.717, 1.165) is 33.5 Å². The second-order valence-electron chi connectivity index (χ2n) is 10.5. The molecule has 0 aliphatic rings. The van der Waals surface area contributed by atoms with E-state index in [1.165, 1.54) is 52.5 Å². The third-order valence-electron chi connectivity index (χ3n) is 8.25. The molecule has 9 rings (SSSR count). The maximum Gasteiger partial charge on any atom is 0.160 e. The summed E-state index contributed by atoms with van der Waals surface area (Å²) in [5.41, 5.74) is 4.03. The molecular weight excluding hydrogens is 516 g/mol. The van der Waals surface area contributed by atoms with Crippen molar-refractivity contribution in [1.82, 2.24) is 9.97 Å². The summed E-state index contributed by atoms with van der Waals surface area (Å²) in [6.07, 6.45) is 0. The quantitative estimate of drug-likeness (QED) is 0.205. The minimum absolute atomic E-state index is 0.744. The molecule has 0 saturated carbocycles. The minimum atomic E-state index is 0.744. The number of benzene rings is 7. The molecular formula is C38H22N2S. The Labute approximate surface area is 240 Å². The molecule has 0 aliphatic heterocycles. The topological polar surface area (TPSA) is 25.8 Å². The summed E-state index contributed by atoms with van der Waals surface area (Å²) in [7, 11) is 0. The Morgan fingerprint density at radius 1 is 0.415 bits per heavy atom. The fraction of sp³-hybridized carbons (Fsp3) is 0. The van der Waals surface area contributed by atoms with Gasteiger partial charge in [-0.05, 0) is 45.1 Å². The van der Waals surface area contributed by atoms with Gasteiger partial charge in [0.2, 0.25) is 0 Å². The third-order valence-corrected chi connectivity index (χ3v) is 9.46. The number of aromatic nitrogens is 2. The van der Waals surface area contributed by atoms with Crippen molar-refractivity contribution in [2.45, 2.75) is 0 Å². The number of thiophene rings is 1. The maximum atomic E-state index is 5.16. The van der Waals surface area contributed by atoms with Crippen molar-refractivity contribution in [3.05, 3.63) is 133 Å². The van der Waals surface area contributed by atoms with Gasteiger partial charge in [0.15, 0.2) is 5.82 Å². The second kappa shape index (κ2) is 8.69. The van der Waals surface area contributed by atoms with E-state index in [9.17, 15) is 0 Å². The van der Waals surface area contributed by atoms with Crippen molar-refractivity contribution in [1.29, 1.82) is 0 Å². The van der Waals surface area contributed by atoms with Crippen molar-refractivity contribution in [2.75, 3.05) is 0 Å². The summed E-state index contributed by atoms with van der Waals surface area (Å²) < 4.78 is 2.67. The zero-order valence-electron chi connectivity index (χ0n) is 22.0. The lowest BCUT2D eigenvalue weighted by Gasteiger charge is -2.13. The maximum absolute atomic E-state index is 5.16. The molecule has 0 bridgehead atoms. The highest BCUT2D eigenvalue weighted by Crippen LogP contribution is 2.44. The van der Waals surface area contributed by atoms with Gasteiger partial charge in [-0.3, -0.25) is 0 Å². The van der Waals surface area contributed by atoms with Crippen LogP contribution in [-0.2, 0) is 0 Å². The molecule has 2 nitrogen and oxygen atoms in total. The van der Waals surface area contributed by atoms with Crippen LogP contribution >= 0.6 is 11.3 Å². The molecule has 190 valence electrons. The van der Waals surface area contributed by atoms with Gasteiger partial charge in [-0.25, -0.2) is 9.97 Å². The van der Waals surface area contributed by atoms with Crippen LogP contribution in [0, 0.1) is 0 Å². The van der Waals surface area contributed by atoms with Gasteiger partial charge in [-0.1, -0.05) is 115 Å². The molecule has 0 saturated heterocycles. The van der Waals surface area contributed by atoms with E-state index in [4.69, 9.17) is 9.97 Å². The van der Waals surface area contributed by atoms with Crippen molar-refractivity contribution in [3.8, 4) is 22.6 Å². The largest absolute Gasteiger partial charge is 0.228 e. The average molecular weight is 539 g/mol. The first kappa shape index (κ1) is 22.7. The van der Waals surface area contributed by atoms with E-state index < -0.39 is 0 Å². The van der Waals surface area contributed by atoms with Crippen molar-refractivity contribution in [2.24, 2.45) is 0 Å². The lowest BCUT2D eigenvalue weighted by atomic mass is 9.92. The summed E-state index contributed by atoms with van der Waals surface area (Å²) in [6, 6.07) is 47.6. The standard InChI is InChI=1S/C38H22N2S/c1-2-10-23(11-3-1)36-31-15-6-8-16-33(31)39-38(40-36)24-18-19-29-32(22-24)26-13-5-4-12-25(26)28-20-21-30-27-14-7-9-17-34(27)41-37(30)35(28)29/h1-22H. The summed E-state index contributed by atoms with van der Waals surface area (Å²) in [5, 5.41) is 11.4. The van der Waals surface area contributed by atoms with Crippen molar-refractivity contribution in [3.63, 3.8) is 0 Å². The van der Waals surface area contributed by atoms with Gasteiger partial charge >= 0.3 is 0 Å². The van der Waals surface area contributed by atoms with Crippen LogP contribution in [0.25, 0.3) is 86.0 Å². The molecule has 0 N–H and O–H groups in total. The predicted molar refractivity (Wildman–Crippen MR) is 176 cm³/mol. The van der Waals surface area contributed by atoms with Gasteiger partial charge in [-0.15, -0.1) is 11.3 Å². The first-order chi connectivity index (χ1) is 20.3. The lowest BCUT2D eigenvalue weighted by molar-refractivity contribution is 1.23. The Kier molecular flexibility index (Phi) is 4.80. The SMILES string of the molecule is c1ccc(-c2nc(-c3ccc4c(c3)c3ccccc3c3ccc5c6ccccc6sc5c34)nc3ccccc23)cc1. The van der Waals surface area contributed by atoms with Crippen LogP contribution in [0.1, 0.15) is 0 Å². The summed E-state index contributed by atoms with van der Waals surface area (Å²) in [6.45, 7) is 0. The Hall–Kier alpha value is -5.12. The Morgan fingerprint density at radius 3 is 1.90 bits per heavy atom. The highest BCUT2D eigenvalue weighted by molar-refractivity contribution is 7.26. The molecule has 0 spiro atoms. The van der Waals surface area contributed by atoms with E-state index in [2.05, 4.69) is 121 Å². The van der Waals surface area contributed by atoms with Crippen molar-refractivity contribution >= 4 is 74.7 Å². The van der Waals surface area contributed by atoms with Crippen LogP contribution in [-0.4, -0.2) is 9.97 Å². The normalized spacial score (nSPS) is 11.9. The van der Waals surface area contributed by atoms with Crippen molar-refractivity contribution < 1.29 is 0 Å². The molecule has 3 heteroatoms. The zero-order chi connectivity index (χ0) is 26.9. The summed E-state index contributed by atoms with van der Waals surface area (Å²) in [5.74, 6) is 0.744. The van der Waals surface area contributed by atoms with E-state index in [1.807, 2.05) is 23.5 Å². The Balaban J connectivity index is 1.38. The monoisotopic (exact) mass is 538 g/mol. The Morgan fingerprint density at radius 2 is 1.05 bits per heavy atom. The second-order valence-corrected chi connectivity index (χ2v) is 11.6. The minimum Gasteiger partial charge on any atom is -0.228 e. The molecule has 0 unspecified atom stereocenters.